The zero-order chi connectivity index (χ0) is 31.9. The highest BCUT2D eigenvalue weighted by molar-refractivity contribution is 6.03. The minimum absolute atomic E-state index is 0.0419. The van der Waals surface area contributed by atoms with E-state index in [1.807, 2.05) is 6.08 Å². The monoisotopic (exact) mass is 631 g/mol. The number of aromatic hydroxyl groups is 1. The molecule has 0 aliphatic carbocycles. The van der Waals surface area contributed by atoms with Crippen molar-refractivity contribution < 1.29 is 23.0 Å². The Balaban J connectivity index is 1.30. The van der Waals surface area contributed by atoms with Crippen molar-refractivity contribution in [2.24, 2.45) is 0 Å². The van der Waals surface area contributed by atoms with Gasteiger partial charge in [-0.1, -0.05) is 19.1 Å². The van der Waals surface area contributed by atoms with Crippen molar-refractivity contribution >= 4 is 27.5 Å². The van der Waals surface area contributed by atoms with Crippen LogP contribution in [0.4, 0.5) is 19.0 Å². The molecule has 0 spiro atoms. The largest absolute Gasteiger partial charge is 0.508 e. The first-order chi connectivity index (χ1) is 22.3. The van der Waals surface area contributed by atoms with Crippen LogP contribution in [-0.4, -0.2) is 70.9 Å². The molecular weight excluding hydrogens is 591 g/mol. The van der Waals surface area contributed by atoms with Gasteiger partial charge in [-0.05, 0) is 97.7 Å². The van der Waals surface area contributed by atoms with E-state index in [0.29, 0.717) is 54.3 Å². The Kier molecular flexibility index (Phi) is 8.50. The van der Waals surface area contributed by atoms with Crippen LogP contribution in [0.3, 0.4) is 0 Å². The number of piperazine rings is 1. The van der Waals surface area contributed by atoms with Crippen LogP contribution in [0, 0.1) is 17.5 Å². The zero-order valence-electron chi connectivity index (χ0n) is 26.2. The minimum atomic E-state index is -0.897. The van der Waals surface area contributed by atoms with Crippen LogP contribution in [0.1, 0.15) is 51.0 Å². The molecule has 3 aromatic carbocycles. The van der Waals surface area contributed by atoms with E-state index in [2.05, 4.69) is 26.7 Å². The summed E-state index contributed by atoms with van der Waals surface area (Å²) in [5, 5.41) is 15.3. The Morgan fingerprint density at radius 1 is 1.07 bits per heavy atom. The number of rotatable bonds is 10. The molecule has 7 nitrogen and oxygen atoms in total. The summed E-state index contributed by atoms with van der Waals surface area (Å²) >= 11 is 0. The highest BCUT2D eigenvalue weighted by Gasteiger charge is 2.34. The molecule has 3 atom stereocenters. The van der Waals surface area contributed by atoms with Crippen LogP contribution in [0.15, 0.2) is 43.0 Å². The number of benzene rings is 3. The Morgan fingerprint density at radius 3 is 2.63 bits per heavy atom. The first-order valence-electron chi connectivity index (χ1n) is 16.5. The third-order valence-electron chi connectivity index (χ3n) is 9.91. The quantitative estimate of drug-likeness (QED) is 0.146. The minimum Gasteiger partial charge on any atom is -0.508 e. The van der Waals surface area contributed by atoms with Gasteiger partial charge in [0.25, 0.3) is 0 Å². The summed E-state index contributed by atoms with van der Waals surface area (Å²) in [4.78, 5) is 13.8. The molecule has 2 unspecified atom stereocenters. The van der Waals surface area contributed by atoms with Crippen LogP contribution < -0.4 is 15.0 Å². The molecule has 3 fully saturated rings. The fraction of sp³-hybridized carbons (Fsp3) is 0.444. The topological polar surface area (TPSA) is 73.8 Å². The first kappa shape index (κ1) is 30.7. The van der Waals surface area contributed by atoms with Crippen molar-refractivity contribution in [2.45, 2.75) is 70.0 Å². The van der Waals surface area contributed by atoms with Gasteiger partial charge in [0, 0.05) is 43.1 Å². The van der Waals surface area contributed by atoms with E-state index >= 15 is 8.78 Å². The van der Waals surface area contributed by atoms with Gasteiger partial charge in [0.2, 0.25) is 0 Å². The number of likely N-dealkylation sites (tertiary alicyclic amines) is 1. The number of anilines is 1. The number of phenols is 1. The molecule has 0 radical (unpaired) electrons. The maximum absolute atomic E-state index is 16.8. The van der Waals surface area contributed by atoms with Crippen LogP contribution >= 0.6 is 0 Å². The number of hydrogen-bond acceptors (Lipinski definition) is 7. The summed E-state index contributed by atoms with van der Waals surface area (Å²) in [6.07, 6.45) is 8.36. The maximum atomic E-state index is 16.8. The number of nitrogens with one attached hydrogen (secondary N) is 1. The predicted molar refractivity (Wildman–Crippen MR) is 175 cm³/mol. The zero-order valence-corrected chi connectivity index (χ0v) is 26.2. The summed E-state index contributed by atoms with van der Waals surface area (Å²) in [6, 6.07) is 7.92. The number of aryl methyl sites for hydroxylation is 1. The van der Waals surface area contributed by atoms with E-state index in [1.165, 1.54) is 36.8 Å². The van der Waals surface area contributed by atoms with Crippen molar-refractivity contribution in [1.82, 2.24) is 20.2 Å². The Hall–Kier alpha value is -3.89. The molecule has 0 saturated carbocycles. The lowest BCUT2D eigenvalue weighted by atomic mass is 9.91. The molecular formula is C36H40F3N5O2. The van der Waals surface area contributed by atoms with Crippen LogP contribution in [-0.2, 0) is 6.42 Å². The molecule has 3 aliphatic heterocycles. The van der Waals surface area contributed by atoms with E-state index in [9.17, 15) is 9.50 Å². The fourth-order valence-electron chi connectivity index (χ4n) is 7.84. The van der Waals surface area contributed by atoms with E-state index in [0.717, 1.165) is 45.2 Å². The van der Waals surface area contributed by atoms with Crippen molar-refractivity contribution in [3.05, 3.63) is 66.0 Å². The lowest BCUT2D eigenvalue weighted by Gasteiger charge is -2.34. The van der Waals surface area contributed by atoms with Crippen molar-refractivity contribution in [3.63, 3.8) is 0 Å². The Morgan fingerprint density at radius 2 is 1.87 bits per heavy atom. The predicted octanol–water partition coefficient (Wildman–Crippen LogP) is 6.89. The standard InChI is InChI=1S/C36H40F3N5O2/c1-3-13-43-14-5-7-24(43)8-6-15-46-36-41-34-28(35(42-36)44-19-22-10-11-23(20-44)40-22)18-30(38)32(33(34)39)27-17-25(45)16-21-9-12-29(37)26(4-2)31(21)27/h3,9,12,16-18,22-24,40,45H,1,4-8,10-11,13-15,19-20H2,2H3/t22?,23?,24-/m0/s1. The average Bonchev–Trinajstić information content (AvgIpc) is 3.63. The molecule has 46 heavy (non-hydrogen) atoms. The maximum Gasteiger partial charge on any atom is 0.319 e. The summed E-state index contributed by atoms with van der Waals surface area (Å²) in [5.74, 6) is -1.93. The number of ether oxygens (including phenoxy) is 1. The van der Waals surface area contributed by atoms with Crippen molar-refractivity contribution in [3.8, 4) is 22.9 Å². The fourth-order valence-corrected chi connectivity index (χ4v) is 7.84. The van der Waals surface area contributed by atoms with Gasteiger partial charge in [0.15, 0.2) is 5.82 Å². The summed E-state index contributed by atoms with van der Waals surface area (Å²) in [7, 11) is 0. The number of hydrogen-bond donors (Lipinski definition) is 2. The van der Waals surface area contributed by atoms with Crippen molar-refractivity contribution in [1.29, 1.82) is 0 Å². The Labute approximate surface area is 267 Å². The third kappa shape index (κ3) is 5.66. The molecule has 2 bridgehead atoms. The number of halogens is 3. The number of nitrogens with zero attached hydrogens (tertiary/aromatic N) is 4. The molecule has 0 amide bonds. The van der Waals surface area contributed by atoms with Gasteiger partial charge in [0.1, 0.15) is 28.7 Å². The first-order valence-corrected chi connectivity index (χ1v) is 16.5. The number of fused-ring (bicyclic) bond motifs is 4. The molecule has 7 rings (SSSR count). The molecule has 1 aromatic heterocycles. The lowest BCUT2D eigenvalue weighted by Crippen LogP contribution is -2.51. The molecule has 3 saturated heterocycles. The van der Waals surface area contributed by atoms with Gasteiger partial charge >= 0.3 is 6.01 Å². The highest BCUT2D eigenvalue weighted by atomic mass is 19.1. The van der Waals surface area contributed by atoms with Crippen LogP contribution in [0.25, 0.3) is 32.8 Å². The molecule has 2 N–H and O–H groups in total. The third-order valence-corrected chi connectivity index (χ3v) is 9.91. The normalized spacial score (nSPS) is 21.5. The summed E-state index contributed by atoms with van der Waals surface area (Å²) < 4.78 is 54.1. The number of aromatic nitrogens is 2. The van der Waals surface area contributed by atoms with Gasteiger partial charge < -0.3 is 20.1 Å². The van der Waals surface area contributed by atoms with E-state index < -0.39 is 17.5 Å². The molecule has 4 aromatic rings. The van der Waals surface area contributed by atoms with Crippen LogP contribution in [0.2, 0.25) is 0 Å². The van der Waals surface area contributed by atoms with Gasteiger partial charge in [-0.15, -0.1) is 6.58 Å². The Bertz CT molecular complexity index is 1790. The van der Waals surface area contributed by atoms with Crippen LogP contribution in [0.5, 0.6) is 11.8 Å². The SMILES string of the molecule is C=CCN1CCC[C@H]1CCCOc1nc(N2CC3CCC(C2)N3)c2cc(F)c(-c3cc(O)cc4ccc(F)c(CC)c34)c(F)c2n1. The number of phenolic OH excluding ortho intramolecular Hbond substituents is 1. The second-order valence-electron chi connectivity index (χ2n) is 12.9. The molecule has 242 valence electrons. The van der Waals surface area contributed by atoms with Crippen molar-refractivity contribution in [2.75, 3.05) is 37.7 Å². The average molecular weight is 632 g/mol. The summed E-state index contributed by atoms with van der Waals surface area (Å²) in [5.41, 5.74) is -0.0369. The van der Waals surface area contributed by atoms with Gasteiger partial charge in [-0.25, -0.2) is 13.2 Å². The van der Waals surface area contributed by atoms with Gasteiger partial charge in [-0.2, -0.15) is 9.97 Å². The smallest absolute Gasteiger partial charge is 0.319 e. The summed E-state index contributed by atoms with van der Waals surface area (Å²) in [6.45, 7) is 9.28. The van der Waals surface area contributed by atoms with E-state index in [4.69, 9.17) is 9.72 Å². The van der Waals surface area contributed by atoms with Gasteiger partial charge in [0.05, 0.1) is 12.2 Å². The molecule has 4 heterocycles. The highest BCUT2D eigenvalue weighted by Crippen LogP contribution is 2.42. The second kappa shape index (κ2) is 12.7. The molecule has 10 heteroatoms. The second-order valence-corrected chi connectivity index (χ2v) is 12.9. The van der Waals surface area contributed by atoms with E-state index in [1.54, 1.807) is 6.92 Å². The lowest BCUT2D eigenvalue weighted by molar-refractivity contribution is 0.233. The molecule has 3 aliphatic rings. The van der Waals surface area contributed by atoms with E-state index in [-0.39, 0.29) is 45.9 Å². The van der Waals surface area contributed by atoms with Gasteiger partial charge in [-0.3, -0.25) is 4.90 Å².